The van der Waals surface area contributed by atoms with Crippen LogP contribution >= 0.6 is 24.0 Å². The van der Waals surface area contributed by atoms with Gasteiger partial charge >= 0.3 is 0 Å². The van der Waals surface area contributed by atoms with Gasteiger partial charge in [-0.15, -0.1) is 0 Å². The van der Waals surface area contributed by atoms with Gasteiger partial charge in [0.25, 0.3) is 0 Å². The minimum atomic E-state index is 0.673. The van der Waals surface area contributed by atoms with Gasteiger partial charge in [-0.3, -0.25) is 0 Å². The zero-order chi connectivity index (χ0) is 18.5. The number of para-hydroxylation sites is 2. The first-order chi connectivity index (χ1) is 13.3. The summed E-state index contributed by atoms with van der Waals surface area (Å²) in [5, 5.41) is 0.825. The van der Waals surface area contributed by atoms with Gasteiger partial charge in [-0.05, 0) is 41.6 Å². The van der Waals surface area contributed by atoms with E-state index >= 15 is 0 Å². The molecule has 0 amide bonds. The molecule has 0 N–H and O–H groups in total. The third-order valence-corrected chi connectivity index (χ3v) is 5.35. The van der Waals surface area contributed by atoms with Crippen LogP contribution in [0.1, 0.15) is 5.56 Å². The molecule has 1 saturated heterocycles. The minimum Gasteiger partial charge on any atom is -0.305 e. The van der Waals surface area contributed by atoms with Gasteiger partial charge in [0.15, 0.2) is 5.84 Å². The molecule has 1 aliphatic heterocycles. The Morgan fingerprint density at radius 1 is 0.704 bits per heavy atom. The Morgan fingerprint density at radius 2 is 1.22 bits per heavy atom. The maximum absolute atomic E-state index is 5.65. The number of nitrogens with zero attached hydrogens (tertiary/aromatic N) is 3. The number of thiocarbonyl (C=S) groups is 1. The first kappa shape index (κ1) is 17.6. The monoisotopic (exact) mass is 387 g/mol. The van der Waals surface area contributed by atoms with Crippen LogP contribution in [-0.4, -0.2) is 20.1 Å². The molecule has 132 valence electrons. The highest BCUT2D eigenvalue weighted by atomic mass is 32.2. The van der Waals surface area contributed by atoms with Crippen molar-refractivity contribution in [1.29, 1.82) is 0 Å². The first-order valence-corrected chi connectivity index (χ1v) is 9.83. The van der Waals surface area contributed by atoms with Crippen LogP contribution in [0, 0.1) is 0 Å². The Morgan fingerprint density at radius 3 is 1.81 bits per heavy atom. The summed E-state index contributed by atoms with van der Waals surface area (Å²) in [6.07, 6.45) is 0. The van der Waals surface area contributed by atoms with Crippen LogP contribution in [0.2, 0.25) is 0 Å². The first-order valence-electron chi connectivity index (χ1n) is 8.61. The largest absolute Gasteiger partial charge is 0.305 e. The van der Waals surface area contributed by atoms with Crippen LogP contribution in [0.5, 0.6) is 0 Å². The Balaban J connectivity index is 1.74. The average Bonchev–Trinajstić information content (AvgIpc) is 2.99. The predicted molar refractivity (Wildman–Crippen MR) is 119 cm³/mol. The Bertz CT molecular complexity index is 984. The highest BCUT2D eigenvalue weighted by Crippen LogP contribution is 2.30. The number of hydrogen-bond acceptors (Lipinski definition) is 4. The molecular weight excluding hydrogens is 370 g/mol. The zero-order valence-electron chi connectivity index (χ0n) is 14.5. The molecule has 0 atom stereocenters. The van der Waals surface area contributed by atoms with Crippen LogP contribution < -0.4 is 0 Å². The number of benzene rings is 3. The molecule has 0 aromatic heterocycles. The van der Waals surface area contributed by atoms with Crippen molar-refractivity contribution in [2.75, 3.05) is 0 Å². The fourth-order valence-corrected chi connectivity index (χ4v) is 3.93. The smallest absolute Gasteiger partial charge is 0.168 e. The number of amidine groups is 1. The van der Waals surface area contributed by atoms with Crippen molar-refractivity contribution in [2.45, 2.75) is 6.54 Å². The van der Waals surface area contributed by atoms with E-state index in [-0.39, 0.29) is 0 Å². The number of thioether (sulfide) groups is 1. The topological polar surface area (TPSA) is 28.0 Å². The number of aliphatic imine (C=N–C) groups is 2. The zero-order valence-corrected chi connectivity index (χ0v) is 16.2. The second-order valence-electron chi connectivity index (χ2n) is 5.96. The number of rotatable bonds is 4. The molecule has 0 unspecified atom stereocenters. The van der Waals surface area contributed by atoms with Crippen molar-refractivity contribution in [3.63, 3.8) is 0 Å². The molecule has 3 nitrogen and oxygen atoms in total. The standard InChI is InChI=1S/C22H17N3S2/c26-22-25(16-17-10-4-1-5-11-17)20(23-18-12-6-2-7-13-18)21(27-22)24-19-14-8-3-9-15-19/h1-15H,16H2. The molecule has 0 spiro atoms. The van der Waals surface area contributed by atoms with E-state index in [1.165, 1.54) is 17.3 Å². The molecule has 0 saturated carbocycles. The van der Waals surface area contributed by atoms with Crippen LogP contribution in [0.15, 0.2) is 101 Å². The lowest BCUT2D eigenvalue weighted by atomic mass is 10.2. The molecule has 27 heavy (non-hydrogen) atoms. The third kappa shape index (κ3) is 4.32. The van der Waals surface area contributed by atoms with Crippen molar-refractivity contribution in [1.82, 2.24) is 4.90 Å². The van der Waals surface area contributed by atoms with E-state index in [9.17, 15) is 0 Å². The third-order valence-electron chi connectivity index (χ3n) is 4.01. The Labute approximate surface area is 168 Å². The summed E-state index contributed by atoms with van der Waals surface area (Å²) >= 11 is 7.15. The molecule has 0 radical (unpaired) electrons. The maximum Gasteiger partial charge on any atom is 0.168 e. The van der Waals surface area contributed by atoms with Crippen molar-refractivity contribution in [3.8, 4) is 0 Å². The van der Waals surface area contributed by atoms with E-state index in [0.717, 1.165) is 26.6 Å². The normalized spacial score (nSPS) is 17.0. The summed E-state index contributed by atoms with van der Waals surface area (Å²) in [5.74, 6) is 0.795. The lowest BCUT2D eigenvalue weighted by Crippen LogP contribution is -2.29. The SMILES string of the molecule is S=C1SC(=Nc2ccccc2)C(=Nc2ccccc2)N1Cc1ccccc1. The van der Waals surface area contributed by atoms with E-state index < -0.39 is 0 Å². The summed E-state index contributed by atoms with van der Waals surface area (Å²) in [6, 6.07) is 30.1. The summed E-state index contributed by atoms with van der Waals surface area (Å²) in [5.41, 5.74) is 2.96. The quantitative estimate of drug-likeness (QED) is 0.515. The van der Waals surface area contributed by atoms with E-state index in [4.69, 9.17) is 22.2 Å². The minimum absolute atomic E-state index is 0.673. The van der Waals surface area contributed by atoms with Crippen molar-refractivity contribution in [2.24, 2.45) is 9.98 Å². The summed E-state index contributed by atoms with van der Waals surface area (Å²) in [4.78, 5) is 11.7. The fourth-order valence-electron chi connectivity index (χ4n) is 2.72. The highest BCUT2D eigenvalue weighted by molar-refractivity contribution is 8.35. The molecule has 5 heteroatoms. The van der Waals surface area contributed by atoms with Crippen LogP contribution in [0.3, 0.4) is 0 Å². The van der Waals surface area contributed by atoms with Gasteiger partial charge in [-0.25, -0.2) is 9.98 Å². The van der Waals surface area contributed by atoms with Gasteiger partial charge in [0.2, 0.25) is 0 Å². The molecular formula is C22H17N3S2. The molecule has 3 aromatic carbocycles. The lowest BCUT2D eigenvalue weighted by Gasteiger charge is -2.17. The summed E-state index contributed by atoms with van der Waals surface area (Å²) in [7, 11) is 0. The van der Waals surface area contributed by atoms with E-state index in [0.29, 0.717) is 6.54 Å². The second kappa shape index (κ2) is 8.29. The number of hydrogen-bond donors (Lipinski definition) is 0. The van der Waals surface area contributed by atoms with Crippen LogP contribution in [-0.2, 0) is 6.54 Å². The van der Waals surface area contributed by atoms with Gasteiger partial charge < -0.3 is 4.90 Å². The summed E-state index contributed by atoms with van der Waals surface area (Å²) in [6.45, 7) is 0.673. The molecule has 0 bridgehead atoms. The second-order valence-corrected chi connectivity index (χ2v) is 7.59. The van der Waals surface area contributed by atoms with Crippen molar-refractivity contribution < 1.29 is 0 Å². The van der Waals surface area contributed by atoms with Crippen molar-refractivity contribution >= 4 is 50.6 Å². The van der Waals surface area contributed by atoms with E-state index in [1.807, 2.05) is 78.9 Å². The molecule has 3 aromatic rings. The van der Waals surface area contributed by atoms with Crippen molar-refractivity contribution in [3.05, 3.63) is 96.6 Å². The molecule has 1 heterocycles. The average molecular weight is 388 g/mol. The van der Waals surface area contributed by atoms with Crippen LogP contribution in [0.4, 0.5) is 11.4 Å². The maximum atomic E-state index is 5.65. The van der Waals surface area contributed by atoms with Gasteiger partial charge in [0.05, 0.1) is 17.9 Å². The summed E-state index contributed by atoms with van der Waals surface area (Å²) < 4.78 is 0.767. The predicted octanol–water partition coefficient (Wildman–Crippen LogP) is 5.98. The van der Waals surface area contributed by atoms with E-state index in [2.05, 4.69) is 17.0 Å². The van der Waals surface area contributed by atoms with Gasteiger partial charge in [-0.1, -0.05) is 78.9 Å². The van der Waals surface area contributed by atoms with E-state index in [1.54, 1.807) is 0 Å². The lowest BCUT2D eigenvalue weighted by molar-refractivity contribution is 0.635. The van der Waals surface area contributed by atoms with Gasteiger partial charge in [0.1, 0.15) is 9.36 Å². The molecule has 1 aliphatic rings. The fraction of sp³-hybridized carbons (Fsp3) is 0.0455. The molecule has 4 rings (SSSR count). The molecule has 0 aliphatic carbocycles. The Kier molecular flexibility index (Phi) is 5.42. The molecule has 1 fully saturated rings. The Hall–Kier alpha value is -2.76. The van der Waals surface area contributed by atoms with Gasteiger partial charge in [0, 0.05) is 0 Å². The van der Waals surface area contributed by atoms with Crippen LogP contribution in [0.25, 0.3) is 0 Å². The highest BCUT2D eigenvalue weighted by Gasteiger charge is 2.31. The van der Waals surface area contributed by atoms with Gasteiger partial charge in [-0.2, -0.15) is 0 Å².